The van der Waals surface area contributed by atoms with Crippen molar-refractivity contribution in [1.82, 2.24) is 0 Å². The zero-order valence-electron chi connectivity index (χ0n) is 6.30. The molecule has 0 atom stereocenters. The van der Waals surface area contributed by atoms with Crippen molar-refractivity contribution >= 4 is 34.0 Å². The molecule has 0 aliphatic heterocycles. The molecule has 0 amide bonds. The molecule has 1 rings (SSSR count). The van der Waals surface area contributed by atoms with Crippen LogP contribution in [0, 0.1) is 0 Å². The third-order valence-corrected chi connectivity index (χ3v) is 2.73. The van der Waals surface area contributed by atoms with Gasteiger partial charge >= 0.3 is 0 Å². The summed E-state index contributed by atoms with van der Waals surface area (Å²) in [4.78, 5) is 1.13. The van der Waals surface area contributed by atoms with Gasteiger partial charge in [0.05, 0.1) is 0 Å². The molecule has 58 valence electrons. The molecule has 0 spiro atoms. The smallest absolute Gasteiger partial charge is 0.0450 e. The Kier molecular flexibility index (Phi) is 2.92. The van der Waals surface area contributed by atoms with Crippen LogP contribution in [0.25, 0.3) is 11.1 Å². The normalized spacial score (nSPS) is 11.6. The predicted octanol–water partition coefficient (Wildman–Crippen LogP) is 3.99. The van der Waals surface area contributed by atoms with Crippen molar-refractivity contribution in [2.75, 3.05) is 0 Å². The Hall–Kier alpha value is -0.530. The van der Waals surface area contributed by atoms with E-state index in [1.807, 2.05) is 30.5 Å². The average Bonchev–Trinajstić information content (AvgIpc) is 2.50. The van der Waals surface area contributed by atoms with Gasteiger partial charge in [0, 0.05) is 15.5 Å². The number of hydrogen-bond acceptors (Lipinski definition) is 1. The minimum absolute atomic E-state index is 0.793. The fourth-order valence-electron chi connectivity index (χ4n) is 0.832. The van der Waals surface area contributed by atoms with Gasteiger partial charge < -0.3 is 0 Å². The van der Waals surface area contributed by atoms with E-state index in [0.717, 1.165) is 15.5 Å². The topological polar surface area (TPSA) is 0 Å². The van der Waals surface area contributed by atoms with Gasteiger partial charge in [-0.25, -0.2) is 0 Å². The first-order valence-corrected chi connectivity index (χ1v) is 4.57. The Morgan fingerprint density at radius 3 is 3.00 bits per heavy atom. The maximum absolute atomic E-state index is 5.94. The summed E-state index contributed by atoms with van der Waals surface area (Å²) in [6.07, 6.45) is 3.71. The van der Waals surface area contributed by atoms with Crippen LogP contribution >= 0.6 is 22.9 Å². The number of allylic oxidation sites excluding steroid dienone is 1. The summed E-state index contributed by atoms with van der Waals surface area (Å²) in [5, 5.41) is 2.80. The largest absolute Gasteiger partial charge is 0.144 e. The van der Waals surface area contributed by atoms with E-state index in [9.17, 15) is 0 Å². The second-order valence-electron chi connectivity index (χ2n) is 2.04. The van der Waals surface area contributed by atoms with E-state index in [0.29, 0.717) is 0 Å². The zero-order valence-corrected chi connectivity index (χ0v) is 7.88. The Morgan fingerprint density at radius 2 is 2.45 bits per heavy atom. The maximum atomic E-state index is 5.94. The summed E-state index contributed by atoms with van der Waals surface area (Å²) in [6.45, 7) is 5.63. The summed E-state index contributed by atoms with van der Waals surface area (Å²) < 4.78 is 0. The van der Waals surface area contributed by atoms with Crippen molar-refractivity contribution in [3.8, 4) is 0 Å². The first kappa shape index (κ1) is 8.57. The fraction of sp³-hybridized carbons (Fsp3) is 0.111. The molecule has 1 aromatic rings. The lowest BCUT2D eigenvalue weighted by Gasteiger charge is -1.94. The lowest BCUT2D eigenvalue weighted by Crippen LogP contribution is -1.73. The molecule has 0 saturated carbocycles. The second kappa shape index (κ2) is 3.74. The molecule has 11 heavy (non-hydrogen) atoms. The fourth-order valence-corrected chi connectivity index (χ4v) is 1.80. The first-order valence-electron chi connectivity index (χ1n) is 3.31. The molecule has 0 aliphatic rings. The summed E-state index contributed by atoms with van der Waals surface area (Å²) in [5.74, 6) is 0. The van der Waals surface area contributed by atoms with Crippen LogP contribution in [-0.2, 0) is 0 Å². The molecule has 2 heteroatoms. The van der Waals surface area contributed by atoms with E-state index in [4.69, 9.17) is 11.6 Å². The Balaban J connectivity index is 3.12. The lowest BCUT2D eigenvalue weighted by molar-refractivity contribution is 1.72. The third-order valence-electron chi connectivity index (χ3n) is 1.39. The minimum Gasteiger partial charge on any atom is -0.144 e. The van der Waals surface area contributed by atoms with Gasteiger partial charge in [-0.1, -0.05) is 30.3 Å². The van der Waals surface area contributed by atoms with Crippen molar-refractivity contribution in [2.45, 2.75) is 6.92 Å². The number of thiophene rings is 1. The molecule has 0 radical (unpaired) electrons. The highest BCUT2D eigenvalue weighted by Gasteiger charge is 2.02. The predicted molar refractivity (Wildman–Crippen MR) is 53.9 cm³/mol. The van der Waals surface area contributed by atoms with Crippen molar-refractivity contribution in [3.63, 3.8) is 0 Å². The molecule has 0 aliphatic carbocycles. The Morgan fingerprint density at radius 1 is 1.73 bits per heavy atom. The van der Waals surface area contributed by atoms with Crippen molar-refractivity contribution in [2.24, 2.45) is 0 Å². The van der Waals surface area contributed by atoms with Crippen molar-refractivity contribution < 1.29 is 0 Å². The highest BCUT2D eigenvalue weighted by Crippen LogP contribution is 2.27. The number of rotatable bonds is 2. The van der Waals surface area contributed by atoms with E-state index in [2.05, 4.69) is 6.58 Å². The first-order chi connectivity index (χ1) is 5.29. The van der Waals surface area contributed by atoms with E-state index in [-0.39, 0.29) is 0 Å². The third kappa shape index (κ3) is 1.73. The summed E-state index contributed by atoms with van der Waals surface area (Å²) in [5.41, 5.74) is 1.08. The second-order valence-corrected chi connectivity index (χ2v) is 3.39. The average molecular weight is 185 g/mol. The quantitative estimate of drug-likeness (QED) is 0.652. The van der Waals surface area contributed by atoms with E-state index in [1.165, 1.54) is 0 Å². The summed E-state index contributed by atoms with van der Waals surface area (Å²) >= 11 is 7.59. The van der Waals surface area contributed by atoms with Crippen LogP contribution in [-0.4, -0.2) is 0 Å². The standard InChI is InChI=1S/C9H9ClS/c1-3-8(10)7-5-6-11-9(7)4-2/h3-6H,2H2,1H3/b8-3+. The SMILES string of the molecule is C=Cc1sccc1/C(Cl)=C\C. The zero-order chi connectivity index (χ0) is 8.27. The van der Waals surface area contributed by atoms with Crippen LogP contribution in [0.2, 0.25) is 0 Å². The number of hydrogen-bond donors (Lipinski definition) is 0. The molecule has 0 fully saturated rings. The molecule has 1 heterocycles. The minimum atomic E-state index is 0.793. The van der Waals surface area contributed by atoms with Crippen LogP contribution < -0.4 is 0 Å². The van der Waals surface area contributed by atoms with Gasteiger partial charge in [0.25, 0.3) is 0 Å². The van der Waals surface area contributed by atoms with Crippen molar-refractivity contribution in [3.05, 3.63) is 34.5 Å². The van der Waals surface area contributed by atoms with Crippen LogP contribution in [0.3, 0.4) is 0 Å². The molecule has 0 nitrogen and oxygen atoms in total. The monoisotopic (exact) mass is 184 g/mol. The summed E-state index contributed by atoms with van der Waals surface area (Å²) in [7, 11) is 0. The van der Waals surface area contributed by atoms with Crippen molar-refractivity contribution in [1.29, 1.82) is 0 Å². The van der Waals surface area contributed by atoms with Gasteiger partial charge in [0.1, 0.15) is 0 Å². The molecule has 1 aromatic heterocycles. The molecule has 0 N–H and O–H groups in total. The lowest BCUT2D eigenvalue weighted by atomic mass is 10.2. The van der Waals surface area contributed by atoms with E-state index in [1.54, 1.807) is 11.3 Å². The van der Waals surface area contributed by atoms with E-state index >= 15 is 0 Å². The van der Waals surface area contributed by atoms with Crippen LogP contribution in [0.1, 0.15) is 17.4 Å². The molecular formula is C9H9ClS. The van der Waals surface area contributed by atoms with Gasteiger partial charge in [0.2, 0.25) is 0 Å². The Bertz CT molecular complexity index is 284. The van der Waals surface area contributed by atoms with E-state index < -0.39 is 0 Å². The number of halogens is 1. The molecule has 0 saturated heterocycles. The van der Waals surface area contributed by atoms with Gasteiger partial charge in [-0.3, -0.25) is 0 Å². The summed E-state index contributed by atoms with van der Waals surface area (Å²) in [6, 6.07) is 2.00. The maximum Gasteiger partial charge on any atom is 0.0450 e. The Labute approximate surface area is 75.8 Å². The van der Waals surface area contributed by atoms with Crippen LogP contribution in [0.5, 0.6) is 0 Å². The molecule has 0 aromatic carbocycles. The van der Waals surface area contributed by atoms with Gasteiger partial charge in [-0.15, -0.1) is 11.3 Å². The van der Waals surface area contributed by atoms with Gasteiger partial charge in [0.15, 0.2) is 0 Å². The highest BCUT2D eigenvalue weighted by molar-refractivity contribution is 7.11. The molecular weight excluding hydrogens is 176 g/mol. The van der Waals surface area contributed by atoms with Gasteiger partial charge in [-0.2, -0.15) is 0 Å². The highest BCUT2D eigenvalue weighted by atomic mass is 35.5. The van der Waals surface area contributed by atoms with Crippen LogP contribution in [0.15, 0.2) is 24.1 Å². The molecule has 0 unspecified atom stereocenters. The molecule has 0 bridgehead atoms. The van der Waals surface area contributed by atoms with Gasteiger partial charge in [-0.05, 0) is 18.4 Å². The van der Waals surface area contributed by atoms with Crippen LogP contribution in [0.4, 0.5) is 0 Å².